The number of thiazole rings is 1. The Morgan fingerprint density at radius 1 is 1.33 bits per heavy atom. The molecule has 2 aromatic rings. The van der Waals surface area contributed by atoms with Gasteiger partial charge in [-0.05, 0) is 38.0 Å². The molecule has 2 heterocycles. The average molecular weight is 261 g/mol. The Balaban J connectivity index is 1.97. The molecule has 0 aliphatic carbocycles. The second kappa shape index (κ2) is 4.76. The summed E-state index contributed by atoms with van der Waals surface area (Å²) in [5, 5.41) is 1.16. The molecule has 3 nitrogen and oxygen atoms in total. The molecule has 0 saturated carbocycles. The maximum Gasteiger partial charge on any atom is 0.186 e. The van der Waals surface area contributed by atoms with Crippen molar-refractivity contribution in [2.45, 2.75) is 38.6 Å². The summed E-state index contributed by atoms with van der Waals surface area (Å²) in [5.41, 5.74) is 7.72. The van der Waals surface area contributed by atoms with Crippen LogP contribution >= 0.6 is 11.3 Å². The van der Waals surface area contributed by atoms with Crippen LogP contribution in [0.15, 0.2) is 18.2 Å². The van der Waals surface area contributed by atoms with E-state index in [1.54, 1.807) is 11.3 Å². The third kappa shape index (κ3) is 2.17. The largest absolute Gasteiger partial charge is 0.399 e. The summed E-state index contributed by atoms with van der Waals surface area (Å²) < 4.78 is 1.20. The molecule has 0 radical (unpaired) electrons. The second-order valence-corrected chi connectivity index (χ2v) is 6.12. The first-order valence-corrected chi connectivity index (χ1v) is 7.48. The number of nitrogens with zero attached hydrogens (tertiary/aromatic N) is 2. The van der Waals surface area contributed by atoms with Crippen LogP contribution < -0.4 is 10.6 Å². The molecule has 1 aliphatic heterocycles. The Kier molecular flexibility index (Phi) is 3.12. The van der Waals surface area contributed by atoms with Crippen LogP contribution in [-0.2, 0) is 0 Å². The van der Waals surface area contributed by atoms with E-state index >= 15 is 0 Å². The first-order valence-electron chi connectivity index (χ1n) is 6.67. The highest BCUT2D eigenvalue weighted by atomic mass is 32.1. The summed E-state index contributed by atoms with van der Waals surface area (Å²) in [4.78, 5) is 7.22. The second-order valence-electron chi connectivity index (χ2n) is 5.12. The van der Waals surface area contributed by atoms with Crippen LogP contribution in [0.5, 0.6) is 0 Å². The predicted molar refractivity (Wildman–Crippen MR) is 79.3 cm³/mol. The molecule has 1 aliphatic rings. The number of benzene rings is 1. The monoisotopic (exact) mass is 261 g/mol. The molecule has 18 heavy (non-hydrogen) atoms. The van der Waals surface area contributed by atoms with E-state index in [0.29, 0.717) is 6.04 Å². The number of anilines is 2. The van der Waals surface area contributed by atoms with E-state index in [4.69, 9.17) is 10.7 Å². The molecule has 2 N–H and O–H groups in total. The van der Waals surface area contributed by atoms with E-state index < -0.39 is 0 Å². The lowest BCUT2D eigenvalue weighted by Gasteiger charge is -2.26. The summed E-state index contributed by atoms with van der Waals surface area (Å²) in [6, 6.07) is 6.58. The maximum absolute atomic E-state index is 5.83. The topological polar surface area (TPSA) is 42.2 Å². The third-order valence-corrected chi connectivity index (χ3v) is 4.76. The van der Waals surface area contributed by atoms with Gasteiger partial charge in [-0.1, -0.05) is 24.2 Å². The Bertz CT molecular complexity index is 549. The summed E-state index contributed by atoms with van der Waals surface area (Å²) in [6.45, 7) is 3.45. The summed E-state index contributed by atoms with van der Waals surface area (Å²) in [5.74, 6) is 0. The van der Waals surface area contributed by atoms with Crippen LogP contribution in [0.2, 0.25) is 0 Å². The normalized spacial score (nSPS) is 21.2. The average Bonchev–Trinajstić information content (AvgIpc) is 2.63. The molecule has 1 saturated heterocycles. The Hall–Kier alpha value is -1.29. The molecule has 0 bridgehead atoms. The Morgan fingerprint density at radius 2 is 2.22 bits per heavy atom. The van der Waals surface area contributed by atoms with Crippen LogP contribution in [0.25, 0.3) is 10.2 Å². The molecular formula is C14H19N3S. The maximum atomic E-state index is 5.83. The molecule has 1 unspecified atom stereocenters. The molecule has 1 aromatic carbocycles. The predicted octanol–water partition coefficient (Wildman–Crippen LogP) is 3.65. The van der Waals surface area contributed by atoms with Crippen molar-refractivity contribution in [1.29, 1.82) is 0 Å². The van der Waals surface area contributed by atoms with E-state index in [1.165, 1.54) is 30.4 Å². The Morgan fingerprint density at radius 3 is 3.11 bits per heavy atom. The van der Waals surface area contributed by atoms with Gasteiger partial charge in [-0.15, -0.1) is 0 Å². The van der Waals surface area contributed by atoms with Gasteiger partial charge < -0.3 is 10.6 Å². The molecule has 0 spiro atoms. The molecule has 1 aromatic heterocycles. The minimum atomic E-state index is 0.602. The van der Waals surface area contributed by atoms with Crippen molar-refractivity contribution in [2.75, 3.05) is 17.2 Å². The fourth-order valence-corrected chi connectivity index (χ4v) is 3.75. The van der Waals surface area contributed by atoms with Crippen LogP contribution in [-0.4, -0.2) is 17.6 Å². The zero-order chi connectivity index (χ0) is 12.5. The zero-order valence-electron chi connectivity index (χ0n) is 10.7. The summed E-state index contributed by atoms with van der Waals surface area (Å²) in [7, 11) is 0. The molecular weight excluding hydrogens is 242 g/mol. The first kappa shape index (κ1) is 11.8. The van der Waals surface area contributed by atoms with E-state index in [-0.39, 0.29) is 0 Å². The van der Waals surface area contributed by atoms with Gasteiger partial charge in [0, 0.05) is 18.3 Å². The van der Waals surface area contributed by atoms with E-state index in [0.717, 1.165) is 22.9 Å². The number of aromatic nitrogens is 1. The van der Waals surface area contributed by atoms with Crippen LogP contribution in [0.3, 0.4) is 0 Å². The van der Waals surface area contributed by atoms with Crippen molar-refractivity contribution >= 4 is 32.4 Å². The summed E-state index contributed by atoms with van der Waals surface area (Å²) in [6.07, 6.45) is 5.24. The molecule has 96 valence electrons. The van der Waals surface area contributed by atoms with Crippen molar-refractivity contribution in [3.05, 3.63) is 18.2 Å². The minimum Gasteiger partial charge on any atom is -0.399 e. The molecule has 3 rings (SSSR count). The molecule has 4 heteroatoms. The highest BCUT2D eigenvalue weighted by molar-refractivity contribution is 7.22. The fraction of sp³-hybridized carbons (Fsp3) is 0.500. The Labute approximate surface area is 112 Å². The van der Waals surface area contributed by atoms with E-state index in [9.17, 15) is 0 Å². The fourth-order valence-electron chi connectivity index (χ4n) is 2.61. The number of nitrogens with two attached hydrogens (primary N) is 1. The number of hydrogen-bond acceptors (Lipinski definition) is 4. The number of rotatable bonds is 1. The first-order chi connectivity index (χ1) is 8.74. The van der Waals surface area contributed by atoms with Crippen LogP contribution in [0.1, 0.15) is 32.6 Å². The van der Waals surface area contributed by atoms with E-state index in [2.05, 4.69) is 11.8 Å². The van der Waals surface area contributed by atoms with Gasteiger partial charge in [0.25, 0.3) is 0 Å². The highest BCUT2D eigenvalue weighted by Gasteiger charge is 2.20. The van der Waals surface area contributed by atoms with Crippen molar-refractivity contribution in [1.82, 2.24) is 4.98 Å². The van der Waals surface area contributed by atoms with Gasteiger partial charge in [-0.3, -0.25) is 0 Å². The molecule has 1 fully saturated rings. The van der Waals surface area contributed by atoms with Gasteiger partial charge in [0.2, 0.25) is 0 Å². The van der Waals surface area contributed by atoms with Crippen molar-refractivity contribution in [3.8, 4) is 0 Å². The summed E-state index contributed by atoms with van der Waals surface area (Å²) >= 11 is 1.77. The van der Waals surface area contributed by atoms with Gasteiger partial charge >= 0.3 is 0 Å². The van der Waals surface area contributed by atoms with E-state index in [1.807, 2.05) is 18.2 Å². The SMILES string of the molecule is CC1CCCCCN1c1nc2ccc(N)cc2s1. The lowest BCUT2D eigenvalue weighted by atomic mass is 10.1. The molecule has 1 atom stereocenters. The minimum absolute atomic E-state index is 0.602. The van der Waals surface area contributed by atoms with Gasteiger partial charge in [-0.25, -0.2) is 4.98 Å². The van der Waals surface area contributed by atoms with Crippen LogP contribution in [0, 0.1) is 0 Å². The lowest BCUT2D eigenvalue weighted by Crippen LogP contribution is -2.32. The van der Waals surface area contributed by atoms with Crippen LogP contribution in [0.4, 0.5) is 10.8 Å². The lowest BCUT2D eigenvalue weighted by molar-refractivity contribution is 0.615. The number of nitrogen functional groups attached to an aromatic ring is 1. The van der Waals surface area contributed by atoms with Gasteiger partial charge in [0.1, 0.15) is 0 Å². The zero-order valence-corrected chi connectivity index (χ0v) is 11.5. The van der Waals surface area contributed by atoms with Crippen molar-refractivity contribution < 1.29 is 0 Å². The van der Waals surface area contributed by atoms with Gasteiger partial charge in [-0.2, -0.15) is 0 Å². The van der Waals surface area contributed by atoms with Gasteiger partial charge in [0.15, 0.2) is 5.13 Å². The van der Waals surface area contributed by atoms with Gasteiger partial charge in [0.05, 0.1) is 10.2 Å². The quantitative estimate of drug-likeness (QED) is 0.797. The molecule has 0 amide bonds. The highest BCUT2D eigenvalue weighted by Crippen LogP contribution is 2.33. The third-order valence-electron chi connectivity index (χ3n) is 3.70. The van der Waals surface area contributed by atoms with Crippen molar-refractivity contribution in [3.63, 3.8) is 0 Å². The standard InChI is InChI=1S/C14H19N3S/c1-10-5-3-2-4-8-17(10)14-16-12-7-6-11(15)9-13(12)18-14/h6-7,9-10H,2-5,8,15H2,1H3. The number of hydrogen-bond donors (Lipinski definition) is 1. The number of fused-ring (bicyclic) bond motifs is 1. The smallest absolute Gasteiger partial charge is 0.186 e. The van der Waals surface area contributed by atoms with Crippen molar-refractivity contribution in [2.24, 2.45) is 0 Å².